The number of methoxy groups -OCH3 is 1. The first-order valence-corrected chi connectivity index (χ1v) is 20.3. The molecule has 5 aromatic rings. The van der Waals surface area contributed by atoms with E-state index in [0.717, 1.165) is 33.5 Å². The minimum atomic E-state index is -1.52. The Labute approximate surface area is 351 Å². The van der Waals surface area contributed by atoms with Crippen LogP contribution in [0.1, 0.15) is 50.2 Å². The Balaban J connectivity index is 1.34. The molecular formula is C46H57N7O7. The Hall–Kier alpha value is -6.25. The fourth-order valence-corrected chi connectivity index (χ4v) is 6.71. The van der Waals surface area contributed by atoms with Crippen LogP contribution >= 0.6 is 0 Å². The number of carbonyl (C=O) groups excluding carboxylic acids is 4. The first-order chi connectivity index (χ1) is 28.9. The van der Waals surface area contributed by atoms with E-state index in [1.807, 2.05) is 111 Å². The van der Waals surface area contributed by atoms with E-state index in [4.69, 9.17) is 9.47 Å². The van der Waals surface area contributed by atoms with Crippen LogP contribution in [0.3, 0.4) is 0 Å². The predicted molar refractivity (Wildman–Crippen MR) is 230 cm³/mol. The van der Waals surface area contributed by atoms with Gasteiger partial charge in [0.05, 0.1) is 30.3 Å². The van der Waals surface area contributed by atoms with Crippen molar-refractivity contribution >= 4 is 34.8 Å². The Morgan fingerprint density at radius 3 is 1.92 bits per heavy atom. The Morgan fingerprint density at radius 1 is 0.683 bits per heavy atom. The number of H-pyrrole nitrogens is 1. The summed E-state index contributed by atoms with van der Waals surface area (Å²) in [5.74, 6) is -0.915. The van der Waals surface area contributed by atoms with Gasteiger partial charge < -0.3 is 40.8 Å². The van der Waals surface area contributed by atoms with Crippen molar-refractivity contribution in [3.05, 3.63) is 132 Å². The molecule has 1 aromatic heterocycles. The summed E-state index contributed by atoms with van der Waals surface area (Å²) in [5.41, 5.74) is 4.10. The summed E-state index contributed by atoms with van der Waals surface area (Å²) in [7, 11) is 1.57. The van der Waals surface area contributed by atoms with Crippen LogP contribution in [-0.2, 0) is 45.1 Å². The molecule has 4 amide bonds. The van der Waals surface area contributed by atoms with Gasteiger partial charge in [0.1, 0.15) is 36.3 Å². The van der Waals surface area contributed by atoms with E-state index in [-0.39, 0.29) is 38.0 Å². The number of aliphatic hydroxyl groups excluding tert-OH is 1. The van der Waals surface area contributed by atoms with Crippen molar-refractivity contribution in [3.63, 3.8) is 0 Å². The number of amides is 4. The van der Waals surface area contributed by atoms with E-state index < -0.39 is 54.1 Å². The maximum Gasteiger partial charge on any atom is 0.408 e. The fraction of sp³-hybridized carbons (Fsp3) is 0.370. The number of ether oxygens (including phenoxy) is 2. The smallest absolute Gasteiger partial charge is 0.408 e. The van der Waals surface area contributed by atoms with Gasteiger partial charge in [-0.2, -0.15) is 0 Å². The summed E-state index contributed by atoms with van der Waals surface area (Å²) >= 11 is 0. The molecule has 0 aliphatic rings. The van der Waals surface area contributed by atoms with Gasteiger partial charge in [-0.1, -0.05) is 113 Å². The van der Waals surface area contributed by atoms with E-state index in [1.165, 1.54) is 0 Å². The standard InChI is InChI=1S/C46H57N7O7/c1-29(2)39(43(55)47-25-24-38-49-35-18-12-13-19-36(35)50-38)52-45(57)41(48-27-32-20-22-34(59-5)23-21-32)42(54)37(26-31-14-8-6-9-15-31)51-44(56)40(30(3)4)53-46(58)60-28-33-16-10-7-11-17-33/h6-23,29-30,37,39-42,48,54H,24-28H2,1-5H3,(H,47,55)(H,49,50)(H,51,56)(H,52,57)(H,53,58)/t37-,39-,40-,41+,42+/m0/s1. The van der Waals surface area contributed by atoms with Gasteiger partial charge in [-0.05, 0) is 59.2 Å². The van der Waals surface area contributed by atoms with Crippen molar-refractivity contribution in [3.8, 4) is 5.75 Å². The molecule has 1 heterocycles. The van der Waals surface area contributed by atoms with Crippen LogP contribution in [0.2, 0.25) is 0 Å². The van der Waals surface area contributed by atoms with Crippen molar-refractivity contribution < 1.29 is 33.8 Å². The van der Waals surface area contributed by atoms with Crippen LogP contribution in [-0.4, -0.2) is 82.8 Å². The molecule has 0 radical (unpaired) electrons. The van der Waals surface area contributed by atoms with Gasteiger partial charge in [-0.15, -0.1) is 0 Å². The highest BCUT2D eigenvalue weighted by atomic mass is 16.5. The minimum absolute atomic E-state index is 0.0157. The molecule has 5 atom stereocenters. The van der Waals surface area contributed by atoms with E-state index in [9.17, 15) is 24.3 Å². The Kier molecular flexibility index (Phi) is 16.6. The second-order valence-corrected chi connectivity index (χ2v) is 15.4. The van der Waals surface area contributed by atoms with Crippen molar-refractivity contribution in [1.82, 2.24) is 36.6 Å². The molecule has 14 heteroatoms. The van der Waals surface area contributed by atoms with Crippen molar-refractivity contribution in [2.45, 2.75) is 84.0 Å². The van der Waals surface area contributed by atoms with Gasteiger partial charge in [0.25, 0.3) is 0 Å². The molecule has 0 saturated carbocycles. The molecule has 5 rings (SSSR count). The zero-order chi connectivity index (χ0) is 43.0. The van der Waals surface area contributed by atoms with Gasteiger partial charge in [-0.25, -0.2) is 9.78 Å². The largest absolute Gasteiger partial charge is 0.497 e. The number of aromatic nitrogens is 2. The van der Waals surface area contributed by atoms with Crippen LogP contribution in [0.15, 0.2) is 109 Å². The molecule has 0 saturated heterocycles. The monoisotopic (exact) mass is 819 g/mol. The number of alkyl carbamates (subject to hydrolysis) is 1. The van der Waals surface area contributed by atoms with Gasteiger partial charge in [0.15, 0.2) is 0 Å². The molecule has 0 bridgehead atoms. The normalized spacial score (nSPS) is 13.8. The van der Waals surface area contributed by atoms with E-state index in [2.05, 4.69) is 36.6 Å². The number of aliphatic hydroxyl groups is 1. The summed E-state index contributed by atoms with van der Waals surface area (Å²) < 4.78 is 10.7. The number of benzene rings is 4. The van der Waals surface area contributed by atoms with Gasteiger partial charge in [0, 0.05) is 19.5 Å². The second kappa shape index (κ2) is 22.2. The van der Waals surface area contributed by atoms with E-state index >= 15 is 0 Å². The maximum atomic E-state index is 14.4. The third-order valence-electron chi connectivity index (χ3n) is 10.1. The highest BCUT2D eigenvalue weighted by molar-refractivity contribution is 5.91. The number of hydrogen-bond acceptors (Lipinski definition) is 9. The number of para-hydroxylation sites is 2. The summed E-state index contributed by atoms with van der Waals surface area (Å²) in [6, 6.07) is 29.0. The summed E-state index contributed by atoms with van der Waals surface area (Å²) in [6.45, 7) is 7.66. The third kappa shape index (κ3) is 13.1. The lowest BCUT2D eigenvalue weighted by molar-refractivity contribution is -0.133. The average Bonchev–Trinajstić information content (AvgIpc) is 3.67. The molecule has 14 nitrogen and oxygen atoms in total. The Bertz CT molecular complexity index is 2090. The number of imidazole rings is 1. The molecule has 318 valence electrons. The molecule has 0 spiro atoms. The fourth-order valence-electron chi connectivity index (χ4n) is 6.71. The predicted octanol–water partition coefficient (Wildman–Crippen LogP) is 4.57. The lowest BCUT2D eigenvalue weighted by Gasteiger charge is -2.33. The first kappa shape index (κ1) is 44.8. The molecule has 0 aliphatic heterocycles. The first-order valence-electron chi connectivity index (χ1n) is 20.3. The van der Waals surface area contributed by atoms with Crippen molar-refractivity contribution in [2.75, 3.05) is 13.7 Å². The molecule has 0 aliphatic carbocycles. The number of nitrogens with one attached hydrogen (secondary N) is 6. The van der Waals surface area contributed by atoms with Crippen LogP contribution in [0.4, 0.5) is 4.79 Å². The number of nitrogens with zero attached hydrogens (tertiary/aromatic N) is 1. The molecular weight excluding hydrogens is 763 g/mol. The van der Waals surface area contributed by atoms with Crippen LogP contribution in [0.5, 0.6) is 5.75 Å². The third-order valence-corrected chi connectivity index (χ3v) is 10.1. The SMILES string of the molecule is COc1ccc(CN[C@@H](C(=O)N[C@H](C(=O)NCCc2nc3ccccc3[nH]2)C(C)C)[C@H](O)[C@H](Cc2ccccc2)NC(=O)[C@@H](NC(=O)OCc2ccccc2)C(C)C)cc1. The number of carbonyl (C=O) groups is 4. The van der Waals surface area contributed by atoms with Crippen LogP contribution in [0, 0.1) is 11.8 Å². The second-order valence-electron chi connectivity index (χ2n) is 15.4. The molecule has 0 unspecified atom stereocenters. The number of hydrogen-bond donors (Lipinski definition) is 7. The zero-order valence-corrected chi connectivity index (χ0v) is 34.8. The van der Waals surface area contributed by atoms with E-state index in [1.54, 1.807) is 33.1 Å². The highest BCUT2D eigenvalue weighted by Crippen LogP contribution is 2.16. The molecule has 0 fully saturated rings. The number of aromatic amines is 1. The van der Waals surface area contributed by atoms with E-state index in [0.29, 0.717) is 12.2 Å². The minimum Gasteiger partial charge on any atom is -0.497 e. The lowest BCUT2D eigenvalue weighted by Crippen LogP contribution is -2.63. The lowest BCUT2D eigenvalue weighted by atomic mass is 9.93. The van der Waals surface area contributed by atoms with Crippen molar-refractivity contribution in [1.29, 1.82) is 0 Å². The quantitative estimate of drug-likeness (QED) is 0.0555. The van der Waals surface area contributed by atoms with Crippen LogP contribution in [0.25, 0.3) is 11.0 Å². The summed E-state index contributed by atoms with van der Waals surface area (Å²) in [4.78, 5) is 62.9. The molecule has 60 heavy (non-hydrogen) atoms. The van der Waals surface area contributed by atoms with Gasteiger partial charge >= 0.3 is 6.09 Å². The molecule has 7 N–H and O–H groups in total. The maximum absolute atomic E-state index is 14.4. The van der Waals surface area contributed by atoms with Crippen molar-refractivity contribution in [2.24, 2.45) is 11.8 Å². The number of fused-ring (bicyclic) bond motifs is 1. The highest BCUT2D eigenvalue weighted by Gasteiger charge is 2.38. The molecule has 4 aromatic carbocycles. The van der Waals surface area contributed by atoms with Crippen LogP contribution < -0.4 is 31.3 Å². The number of rotatable bonds is 21. The summed E-state index contributed by atoms with van der Waals surface area (Å²) in [5, 5.41) is 26.9. The van der Waals surface area contributed by atoms with Gasteiger partial charge in [-0.3, -0.25) is 19.7 Å². The average molecular weight is 820 g/mol. The topological polar surface area (TPSA) is 196 Å². The zero-order valence-electron chi connectivity index (χ0n) is 34.8. The van der Waals surface area contributed by atoms with Gasteiger partial charge in [0.2, 0.25) is 17.7 Å². The summed E-state index contributed by atoms with van der Waals surface area (Å²) in [6.07, 6.45) is -1.71. The Morgan fingerprint density at radius 2 is 1.28 bits per heavy atom.